The van der Waals surface area contributed by atoms with Crippen LogP contribution in [0, 0.1) is 0 Å². The highest BCUT2D eigenvalue weighted by molar-refractivity contribution is 7.99. The Morgan fingerprint density at radius 3 is 1.34 bits per heavy atom. The number of amides is 3. The van der Waals surface area contributed by atoms with Gasteiger partial charge in [0.25, 0.3) is 0 Å². The number of carbonyl (C=O) groups is 11. The number of thioether (sulfide) groups is 1. The summed E-state index contributed by atoms with van der Waals surface area (Å²) in [5.74, 6) is -14.7. The summed E-state index contributed by atoms with van der Waals surface area (Å²) in [5.41, 5.74) is -1.57. The van der Waals surface area contributed by atoms with Gasteiger partial charge in [-0.3, -0.25) is 76.9 Å². The first-order valence-electron chi connectivity index (χ1n) is 28.4. The lowest BCUT2D eigenvalue weighted by Gasteiger charge is -2.36. The number of aliphatic hydroxyl groups is 2. The lowest BCUT2D eigenvalue weighted by Crippen LogP contribution is -2.49. The van der Waals surface area contributed by atoms with Crippen LogP contribution in [0.15, 0.2) is 11.0 Å². The van der Waals surface area contributed by atoms with Crippen molar-refractivity contribution in [1.29, 1.82) is 0 Å². The van der Waals surface area contributed by atoms with E-state index in [2.05, 4.69) is 0 Å². The number of ether oxygens (including phenoxy) is 1. The largest absolute Gasteiger partial charge is 0.494 e. The van der Waals surface area contributed by atoms with E-state index in [4.69, 9.17) is 4.74 Å². The van der Waals surface area contributed by atoms with E-state index < -0.39 is 197 Å². The Hall–Kier alpha value is -6.96. The van der Waals surface area contributed by atoms with Gasteiger partial charge >= 0.3 is 47.8 Å². The molecule has 6 atom stereocenters. The fourth-order valence-electron chi connectivity index (χ4n) is 11.4. The minimum Gasteiger partial charge on any atom is -0.494 e. The standard InChI is InChI=1S/C53H83N9O25S/c1-52(2)24-36(53(3,4)62(52)86)61-40(66)23-35(47(61)79)88-22-13-34-48(87-34)57-17-6-16-55(38(64)11-8-32(50(82)83)59(27-43(71)72)28-44(73)74)19-18-54(37(63)10-7-31(49(80)81)58(25-41(67)68)26-42(69)70)14-5-15-56(20-21-57)39(65)12-9-33(51(84)85)60(29-45(75)76)30-46(77)78/h23,31-34,36,41,48,66-68,79,86H,5-22,24-30H2,1-4H3,(H,69,70)(H,71,72)(H,73,74)(H,75,76)(H,77,78)(H,80,81)(H,82,83)(H,84,85). The highest BCUT2D eigenvalue weighted by Crippen LogP contribution is 2.51. The zero-order chi connectivity index (χ0) is 66.1. The molecule has 88 heavy (non-hydrogen) atoms. The molecule has 4 heterocycles. The fourth-order valence-corrected chi connectivity index (χ4v) is 12.4. The average molecular weight is 1280 g/mol. The van der Waals surface area contributed by atoms with Gasteiger partial charge in [-0.1, -0.05) is 0 Å². The van der Waals surface area contributed by atoms with Gasteiger partial charge in [-0.2, -0.15) is 5.06 Å². The van der Waals surface area contributed by atoms with Gasteiger partial charge in [0.05, 0.1) is 55.7 Å². The number of aromatic nitrogens is 1. The maximum absolute atomic E-state index is 14.3. The molecule has 0 radical (unpaired) electrons. The van der Waals surface area contributed by atoms with E-state index in [0.29, 0.717) is 33.3 Å². The topological polar surface area (TPSA) is 494 Å². The number of carboxylic acid groups (broad SMARTS) is 8. The number of hydrogen-bond acceptors (Lipinski definition) is 23. The number of carbonyl (C=O) groups excluding carboxylic acids is 3. The van der Waals surface area contributed by atoms with E-state index in [9.17, 15) is 119 Å². The molecule has 3 saturated heterocycles. The van der Waals surface area contributed by atoms with Crippen LogP contribution in [0.4, 0.5) is 0 Å². The smallest absolute Gasteiger partial charge is 0.320 e. The zero-order valence-corrected chi connectivity index (χ0v) is 50.3. The summed E-state index contributed by atoms with van der Waals surface area (Å²) in [6, 6.07) is -4.35. The molecule has 0 aromatic carbocycles. The molecule has 0 saturated carbocycles. The Morgan fingerprint density at radius 2 is 0.966 bits per heavy atom. The number of aliphatic carboxylic acids is 8. The highest BCUT2D eigenvalue weighted by atomic mass is 32.2. The second-order valence-corrected chi connectivity index (χ2v) is 24.1. The molecule has 496 valence electrons. The van der Waals surface area contributed by atoms with E-state index in [0.717, 1.165) is 4.90 Å². The van der Waals surface area contributed by atoms with Crippen molar-refractivity contribution in [3.63, 3.8) is 0 Å². The Kier molecular flexibility index (Phi) is 27.6. The normalized spacial score (nSPS) is 20.6. The van der Waals surface area contributed by atoms with Gasteiger partial charge in [0.1, 0.15) is 30.5 Å². The molecule has 3 fully saturated rings. The van der Waals surface area contributed by atoms with E-state index in [1.165, 1.54) is 42.2 Å². The van der Waals surface area contributed by atoms with Crippen LogP contribution in [0.25, 0.3) is 0 Å². The number of carboxylic acids is 8. The molecule has 1 aromatic rings. The minimum atomic E-state index is -2.17. The predicted molar refractivity (Wildman–Crippen MR) is 301 cm³/mol. The average Bonchev–Trinajstić information content (AvgIpc) is 3.16. The summed E-state index contributed by atoms with van der Waals surface area (Å²) >= 11 is 1.23. The Morgan fingerprint density at radius 1 is 0.580 bits per heavy atom. The number of aliphatic hydroxyl groups excluding tert-OH is 1. The zero-order valence-electron chi connectivity index (χ0n) is 49.4. The summed E-state index contributed by atoms with van der Waals surface area (Å²) in [4.78, 5) is 147. The van der Waals surface area contributed by atoms with Crippen molar-refractivity contribution >= 4 is 77.2 Å². The predicted octanol–water partition coefficient (Wildman–Crippen LogP) is -1.78. The van der Waals surface area contributed by atoms with Crippen molar-refractivity contribution in [3.05, 3.63) is 6.07 Å². The Labute approximate surface area is 509 Å². The molecule has 0 spiro atoms. The lowest BCUT2D eigenvalue weighted by molar-refractivity contribution is -0.195. The summed E-state index contributed by atoms with van der Waals surface area (Å²) in [5, 5.41) is 132. The van der Waals surface area contributed by atoms with Gasteiger partial charge in [0, 0.05) is 89.0 Å². The third-order valence-electron chi connectivity index (χ3n) is 15.7. The van der Waals surface area contributed by atoms with Crippen molar-refractivity contribution < 1.29 is 124 Å². The van der Waals surface area contributed by atoms with Gasteiger partial charge in [-0.15, -0.1) is 11.8 Å². The van der Waals surface area contributed by atoms with Gasteiger partial charge in [0.2, 0.25) is 23.6 Å². The van der Waals surface area contributed by atoms with Crippen LogP contribution < -0.4 is 0 Å². The second kappa shape index (κ2) is 33.0. The first-order chi connectivity index (χ1) is 41.0. The fraction of sp³-hybridized carbons (Fsp3) is 0.717. The van der Waals surface area contributed by atoms with Crippen molar-refractivity contribution in [1.82, 2.24) is 43.9 Å². The summed E-state index contributed by atoms with van der Waals surface area (Å²) < 4.78 is 7.55. The second-order valence-electron chi connectivity index (χ2n) is 23.0. The number of epoxide rings is 1. The monoisotopic (exact) mass is 1280 g/mol. The molecule has 0 bridgehead atoms. The Balaban J connectivity index is 1.68. The van der Waals surface area contributed by atoms with Crippen LogP contribution in [-0.4, -0.2) is 321 Å². The first kappa shape index (κ1) is 73.5. The molecular weight excluding hydrogens is 1190 g/mol. The van der Waals surface area contributed by atoms with E-state index in [1.807, 2.05) is 18.7 Å². The third kappa shape index (κ3) is 21.7. The molecule has 34 nitrogen and oxygen atoms in total. The van der Waals surface area contributed by atoms with Gasteiger partial charge < -0.3 is 85.9 Å². The molecular formula is C53H83N9O25S. The van der Waals surface area contributed by atoms with Crippen LogP contribution in [-0.2, 0) is 57.5 Å². The molecule has 3 amide bonds. The quantitative estimate of drug-likeness (QED) is 0.0210. The SMILES string of the molecule is CC1(C)CC(n2c(O)cc(SCCC3OC3N3CCCN(C(=O)CCC(C(=O)O)N(CC(=O)O)CC(=O)O)CCN(C(=O)CCC(C(=O)O)N(CC(=O)O)CC(O)O)CCCN(C(=O)CCC(C(=O)O)N(CC(=O)O)CC(=O)O)CC3)c2O)C(C)(C)N1O. The van der Waals surface area contributed by atoms with E-state index in [1.54, 1.807) is 13.8 Å². The van der Waals surface area contributed by atoms with Crippen molar-refractivity contribution in [2.24, 2.45) is 0 Å². The molecule has 6 unspecified atom stereocenters. The lowest BCUT2D eigenvalue weighted by atomic mass is 9.94. The van der Waals surface area contributed by atoms with Crippen LogP contribution >= 0.6 is 11.8 Å². The van der Waals surface area contributed by atoms with Crippen molar-refractivity contribution in [3.8, 4) is 11.8 Å². The maximum atomic E-state index is 14.3. The first-order valence-corrected chi connectivity index (χ1v) is 29.4. The van der Waals surface area contributed by atoms with Gasteiger partial charge in [-0.25, -0.2) is 0 Å². The van der Waals surface area contributed by atoms with Crippen LogP contribution in [0.3, 0.4) is 0 Å². The molecule has 0 aliphatic carbocycles. The number of nitrogens with zero attached hydrogens (tertiary/aromatic N) is 9. The van der Waals surface area contributed by atoms with Crippen molar-refractivity contribution in [2.75, 3.05) is 97.4 Å². The van der Waals surface area contributed by atoms with Crippen molar-refractivity contribution in [2.45, 2.75) is 151 Å². The van der Waals surface area contributed by atoms with Gasteiger partial charge in [0.15, 0.2) is 12.2 Å². The molecule has 3 aliphatic heterocycles. The van der Waals surface area contributed by atoms with Gasteiger partial charge in [-0.05, 0) is 72.6 Å². The number of hydrogen-bond donors (Lipinski definition) is 13. The van der Waals surface area contributed by atoms with E-state index >= 15 is 0 Å². The number of hydroxylamine groups is 2. The number of aromatic hydroxyl groups is 2. The van der Waals surface area contributed by atoms with E-state index in [-0.39, 0.29) is 77.0 Å². The summed E-state index contributed by atoms with van der Waals surface area (Å²) in [6.07, 6.45) is -5.77. The minimum absolute atomic E-state index is 0.0469. The highest BCUT2D eigenvalue weighted by Gasteiger charge is 2.53. The Bertz CT molecular complexity index is 2630. The molecule has 1 aromatic heterocycles. The summed E-state index contributed by atoms with van der Waals surface area (Å²) in [7, 11) is 0. The maximum Gasteiger partial charge on any atom is 0.320 e. The van der Waals surface area contributed by atoms with Crippen LogP contribution in [0.2, 0.25) is 0 Å². The van der Waals surface area contributed by atoms with Crippen LogP contribution in [0.1, 0.15) is 97.9 Å². The third-order valence-corrected chi connectivity index (χ3v) is 16.8. The number of rotatable bonds is 33. The molecule has 3 aliphatic rings. The molecule has 4 rings (SSSR count). The molecule has 35 heteroatoms. The molecule has 13 N–H and O–H groups in total. The summed E-state index contributed by atoms with van der Waals surface area (Å²) in [6.45, 7) is 0.477. The van der Waals surface area contributed by atoms with Crippen LogP contribution in [0.5, 0.6) is 11.8 Å².